The number of aryl methyl sites for hydroxylation is 2. The highest BCUT2D eigenvalue weighted by Crippen LogP contribution is 2.53. The number of fused-ring (bicyclic) bond motifs is 4. The quantitative estimate of drug-likeness (QED) is 0.618. The van der Waals surface area contributed by atoms with Crippen molar-refractivity contribution in [3.63, 3.8) is 0 Å². The zero-order chi connectivity index (χ0) is 12.2. The van der Waals surface area contributed by atoms with E-state index in [4.69, 9.17) is 0 Å². The van der Waals surface area contributed by atoms with Crippen LogP contribution in [-0.2, 0) is 18.3 Å². The van der Waals surface area contributed by atoms with Crippen molar-refractivity contribution in [1.82, 2.24) is 0 Å². The molecular formula is C17H15I. The zero-order valence-electron chi connectivity index (χ0n) is 10.2. The number of hydrogen-bond donors (Lipinski definition) is 0. The Morgan fingerprint density at radius 2 is 1.56 bits per heavy atom. The summed E-state index contributed by atoms with van der Waals surface area (Å²) in [5.74, 6) is 0. The van der Waals surface area contributed by atoms with E-state index in [0.29, 0.717) is 5.41 Å². The van der Waals surface area contributed by atoms with E-state index in [1.165, 1.54) is 29.3 Å². The lowest BCUT2D eigenvalue weighted by atomic mass is 9.77. The number of rotatable bonds is 0. The van der Waals surface area contributed by atoms with Gasteiger partial charge >= 0.3 is 0 Å². The molecule has 2 aliphatic carbocycles. The van der Waals surface area contributed by atoms with Crippen molar-refractivity contribution in [3.8, 4) is 0 Å². The molecule has 0 saturated carbocycles. The molecular weight excluding hydrogens is 331 g/mol. The maximum atomic E-state index is 2.52. The van der Waals surface area contributed by atoms with Crippen LogP contribution in [0.5, 0.6) is 0 Å². The lowest BCUT2D eigenvalue weighted by molar-refractivity contribution is 0.505. The second kappa shape index (κ2) is 3.83. The van der Waals surface area contributed by atoms with Gasteiger partial charge in [-0.05, 0) is 76.6 Å². The average Bonchev–Trinajstić information content (AvgIpc) is 2.95. The summed E-state index contributed by atoms with van der Waals surface area (Å²) in [5.41, 5.74) is 6.73. The molecule has 0 amide bonds. The summed E-state index contributed by atoms with van der Waals surface area (Å²) in [4.78, 5) is 0. The largest absolute Gasteiger partial charge is 0.0620 e. The predicted octanol–water partition coefficient (Wildman–Crippen LogP) is 4.47. The smallest absolute Gasteiger partial charge is 0.0225 e. The van der Waals surface area contributed by atoms with Crippen molar-refractivity contribution in [3.05, 3.63) is 68.3 Å². The van der Waals surface area contributed by atoms with Crippen LogP contribution in [0.4, 0.5) is 0 Å². The molecule has 1 spiro atoms. The summed E-state index contributed by atoms with van der Waals surface area (Å²) in [6.45, 7) is 0. The molecule has 0 N–H and O–H groups in total. The molecule has 0 fully saturated rings. The highest BCUT2D eigenvalue weighted by molar-refractivity contribution is 14.1. The molecule has 0 saturated heterocycles. The van der Waals surface area contributed by atoms with Gasteiger partial charge in [-0.15, -0.1) is 0 Å². The van der Waals surface area contributed by atoms with Crippen LogP contribution in [0.3, 0.4) is 0 Å². The Hall–Kier alpha value is -0.830. The Labute approximate surface area is 122 Å². The van der Waals surface area contributed by atoms with Gasteiger partial charge in [0.2, 0.25) is 0 Å². The Morgan fingerprint density at radius 3 is 2.44 bits per heavy atom. The molecule has 0 radical (unpaired) electrons. The standard InChI is InChI=1S/C17H15I/c18-15-7-3-5-13-9-11-17(16(13)15)10-8-12-4-1-2-6-14(12)17/h1-7H,8-11H2. The van der Waals surface area contributed by atoms with Gasteiger partial charge in [0.25, 0.3) is 0 Å². The van der Waals surface area contributed by atoms with Crippen molar-refractivity contribution in [2.45, 2.75) is 31.1 Å². The summed E-state index contributed by atoms with van der Waals surface area (Å²) >= 11 is 2.52. The van der Waals surface area contributed by atoms with E-state index in [2.05, 4.69) is 65.1 Å². The molecule has 0 heterocycles. The van der Waals surface area contributed by atoms with Crippen molar-refractivity contribution in [2.75, 3.05) is 0 Å². The van der Waals surface area contributed by atoms with Crippen LogP contribution in [-0.4, -0.2) is 0 Å². The SMILES string of the molecule is Ic1cccc2c1C1(CCc3ccccc31)CC2. The van der Waals surface area contributed by atoms with Crippen LogP contribution < -0.4 is 0 Å². The lowest BCUT2D eigenvalue weighted by Crippen LogP contribution is -2.22. The average molecular weight is 346 g/mol. The molecule has 1 unspecified atom stereocenters. The molecule has 0 nitrogen and oxygen atoms in total. The molecule has 0 bridgehead atoms. The van der Waals surface area contributed by atoms with E-state index in [0.717, 1.165) is 0 Å². The Morgan fingerprint density at radius 1 is 0.833 bits per heavy atom. The molecule has 1 heteroatoms. The maximum absolute atomic E-state index is 2.52. The summed E-state index contributed by atoms with van der Waals surface area (Å²) in [7, 11) is 0. The monoisotopic (exact) mass is 346 g/mol. The van der Waals surface area contributed by atoms with Crippen molar-refractivity contribution in [1.29, 1.82) is 0 Å². The van der Waals surface area contributed by atoms with Crippen LogP contribution >= 0.6 is 22.6 Å². The molecule has 18 heavy (non-hydrogen) atoms. The first-order chi connectivity index (χ1) is 8.81. The number of halogens is 1. The number of hydrogen-bond acceptors (Lipinski definition) is 0. The van der Waals surface area contributed by atoms with Gasteiger partial charge in [-0.3, -0.25) is 0 Å². The lowest BCUT2D eigenvalue weighted by Gasteiger charge is -2.27. The zero-order valence-corrected chi connectivity index (χ0v) is 12.4. The van der Waals surface area contributed by atoms with Gasteiger partial charge in [-0.25, -0.2) is 0 Å². The third-order valence-corrected chi connectivity index (χ3v) is 5.65. The minimum atomic E-state index is 0.337. The third-order valence-electron chi connectivity index (χ3n) is 4.75. The molecule has 1 atom stereocenters. The van der Waals surface area contributed by atoms with Crippen molar-refractivity contribution < 1.29 is 0 Å². The summed E-state index contributed by atoms with van der Waals surface area (Å²) in [6, 6.07) is 15.9. The summed E-state index contributed by atoms with van der Waals surface area (Å²) < 4.78 is 1.46. The molecule has 4 rings (SSSR count). The molecule has 90 valence electrons. The fourth-order valence-electron chi connectivity index (χ4n) is 3.99. The van der Waals surface area contributed by atoms with Gasteiger partial charge in [-0.1, -0.05) is 36.4 Å². The first-order valence-corrected chi connectivity index (χ1v) is 7.75. The van der Waals surface area contributed by atoms with Crippen LogP contribution in [0.1, 0.15) is 35.1 Å². The Balaban J connectivity index is 2.00. The van der Waals surface area contributed by atoms with E-state index in [-0.39, 0.29) is 0 Å². The highest BCUT2D eigenvalue weighted by atomic mass is 127. The van der Waals surface area contributed by atoms with Gasteiger partial charge < -0.3 is 0 Å². The second-order valence-electron chi connectivity index (χ2n) is 5.51. The van der Waals surface area contributed by atoms with E-state index < -0.39 is 0 Å². The maximum Gasteiger partial charge on any atom is 0.0225 e. The van der Waals surface area contributed by atoms with Crippen LogP contribution in [0.15, 0.2) is 42.5 Å². The molecule has 2 aliphatic rings. The summed E-state index contributed by atoms with van der Waals surface area (Å²) in [6.07, 6.45) is 5.11. The first kappa shape index (κ1) is 11.0. The minimum absolute atomic E-state index is 0.337. The van der Waals surface area contributed by atoms with Gasteiger partial charge in [0.1, 0.15) is 0 Å². The third kappa shape index (κ3) is 1.31. The Bertz CT molecular complexity index is 625. The van der Waals surface area contributed by atoms with E-state index in [1.807, 2.05) is 0 Å². The number of benzene rings is 2. The van der Waals surface area contributed by atoms with Crippen molar-refractivity contribution in [2.24, 2.45) is 0 Å². The fraction of sp³-hybridized carbons (Fsp3) is 0.294. The highest BCUT2D eigenvalue weighted by Gasteiger charge is 2.45. The van der Waals surface area contributed by atoms with Crippen LogP contribution in [0, 0.1) is 3.57 Å². The van der Waals surface area contributed by atoms with Gasteiger partial charge in [0.15, 0.2) is 0 Å². The van der Waals surface area contributed by atoms with Gasteiger partial charge in [-0.2, -0.15) is 0 Å². The predicted molar refractivity (Wildman–Crippen MR) is 83.0 cm³/mol. The first-order valence-electron chi connectivity index (χ1n) is 6.67. The van der Waals surface area contributed by atoms with E-state index in [1.54, 1.807) is 22.3 Å². The molecule has 2 aromatic rings. The minimum Gasteiger partial charge on any atom is -0.0620 e. The normalized spacial score (nSPS) is 24.3. The molecule has 0 aromatic heterocycles. The summed E-state index contributed by atoms with van der Waals surface area (Å²) in [5, 5.41) is 0. The molecule has 2 aromatic carbocycles. The van der Waals surface area contributed by atoms with Gasteiger partial charge in [0.05, 0.1) is 0 Å². The van der Waals surface area contributed by atoms with E-state index >= 15 is 0 Å². The van der Waals surface area contributed by atoms with Crippen LogP contribution in [0.25, 0.3) is 0 Å². The van der Waals surface area contributed by atoms with E-state index in [9.17, 15) is 0 Å². The molecule has 0 aliphatic heterocycles. The van der Waals surface area contributed by atoms with Crippen molar-refractivity contribution >= 4 is 22.6 Å². The Kier molecular flexibility index (Phi) is 2.35. The van der Waals surface area contributed by atoms with Gasteiger partial charge in [0, 0.05) is 8.99 Å². The topological polar surface area (TPSA) is 0 Å². The van der Waals surface area contributed by atoms with Crippen LogP contribution in [0.2, 0.25) is 0 Å². The fourth-order valence-corrected chi connectivity index (χ4v) is 5.06. The second-order valence-corrected chi connectivity index (χ2v) is 6.68.